The number of anilines is 1. The van der Waals surface area contributed by atoms with Gasteiger partial charge in [0.1, 0.15) is 5.82 Å². The van der Waals surface area contributed by atoms with E-state index in [1.807, 2.05) is 17.9 Å². The van der Waals surface area contributed by atoms with E-state index in [9.17, 15) is 19.3 Å². The molecule has 0 aliphatic carbocycles. The SMILES string of the molecule is Cc1cc(N2CCCC2)c(F)cc1/C=N\NC(=O)CSc1ccc([N+](=O)[O-])cc1. The fourth-order valence-electron chi connectivity index (χ4n) is 3.04. The third-order valence-corrected chi connectivity index (χ3v) is 5.60. The summed E-state index contributed by atoms with van der Waals surface area (Å²) in [5.41, 5.74) is 4.52. The maximum Gasteiger partial charge on any atom is 0.269 e. The van der Waals surface area contributed by atoms with E-state index in [1.54, 1.807) is 12.1 Å². The second kappa shape index (κ2) is 9.51. The Hall–Kier alpha value is -2.94. The first-order valence-corrected chi connectivity index (χ1v) is 10.2. The number of rotatable bonds is 7. The van der Waals surface area contributed by atoms with E-state index in [0.29, 0.717) is 11.3 Å². The van der Waals surface area contributed by atoms with Gasteiger partial charge in [0, 0.05) is 35.7 Å². The fraction of sp³-hybridized carbons (Fsp3) is 0.300. The van der Waals surface area contributed by atoms with Crippen molar-refractivity contribution in [3.63, 3.8) is 0 Å². The molecule has 0 aromatic heterocycles. The summed E-state index contributed by atoms with van der Waals surface area (Å²) in [6, 6.07) is 9.21. The molecule has 1 aliphatic rings. The van der Waals surface area contributed by atoms with Crippen LogP contribution in [-0.4, -0.2) is 35.9 Å². The normalized spacial score (nSPS) is 13.8. The molecule has 1 N–H and O–H groups in total. The Kier molecular flexibility index (Phi) is 6.82. The number of non-ortho nitro benzene ring substituents is 1. The highest BCUT2D eigenvalue weighted by atomic mass is 32.2. The zero-order chi connectivity index (χ0) is 20.8. The van der Waals surface area contributed by atoms with Gasteiger partial charge in [-0.3, -0.25) is 14.9 Å². The summed E-state index contributed by atoms with van der Waals surface area (Å²) >= 11 is 1.24. The number of halogens is 1. The van der Waals surface area contributed by atoms with Gasteiger partial charge < -0.3 is 4.90 Å². The van der Waals surface area contributed by atoms with Crippen molar-refractivity contribution < 1.29 is 14.1 Å². The molecule has 1 aliphatic heterocycles. The molecule has 2 aromatic rings. The average molecular weight is 416 g/mol. The van der Waals surface area contributed by atoms with E-state index in [1.165, 1.54) is 36.2 Å². The Bertz CT molecular complexity index is 928. The van der Waals surface area contributed by atoms with Crippen molar-refractivity contribution in [1.29, 1.82) is 0 Å². The second-order valence-corrected chi connectivity index (χ2v) is 7.74. The van der Waals surface area contributed by atoms with Crippen LogP contribution in [0.15, 0.2) is 46.4 Å². The minimum atomic E-state index is -0.474. The Morgan fingerprint density at radius 3 is 2.66 bits per heavy atom. The molecule has 0 unspecified atom stereocenters. The summed E-state index contributed by atoms with van der Waals surface area (Å²) in [5, 5.41) is 14.5. The number of hydrazone groups is 1. The first-order chi connectivity index (χ1) is 13.9. The quantitative estimate of drug-likeness (QED) is 0.320. The summed E-state index contributed by atoms with van der Waals surface area (Å²) in [4.78, 5) is 24.9. The van der Waals surface area contributed by atoms with E-state index >= 15 is 0 Å². The number of nitro benzene ring substituents is 1. The Morgan fingerprint density at radius 1 is 1.31 bits per heavy atom. The topological polar surface area (TPSA) is 87.8 Å². The van der Waals surface area contributed by atoms with Crippen molar-refractivity contribution in [1.82, 2.24) is 5.43 Å². The van der Waals surface area contributed by atoms with Crippen molar-refractivity contribution in [3.05, 3.63) is 63.5 Å². The molecule has 0 radical (unpaired) electrons. The lowest BCUT2D eigenvalue weighted by molar-refractivity contribution is -0.384. The van der Waals surface area contributed by atoms with E-state index in [4.69, 9.17) is 0 Å². The molecule has 1 fully saturated rings. The van der Waals surface area contributed by atoms with Gasteiger partial charge in [0.05, 0.1) is 22.6 Å². The van der Waals surface area contributed by atoms with Gasteiger partial charge in [0.25, 0.3) is 5.69 Å². The zero-order valence-corrected chi connectivity index (χ0v) is 16.7. The monoisotopic (exact) mass is 416 g/mol. The Labute approximate surface area is 172 Å². The molecular weight excluding hydrogens is 395 g/mol. The van der Waals surface area contributed by atoms with Crippen LogP contribution >= 0.6 is 11.8 Å². The highest BCUT2D eigenvalue weighted by Gasteiger charge is 2.17. The van der Waals surface area contributed by atoms with Gasteiger partial charge in [-0.15, -0.1) is 11.8 Å². The molecular formula is C20H21FN4O3S. The molecule has 152 valence electrons. The highest BCUT2D eigenvalue weighted by Crippen LogP contribution is 2.26. The maximum atomic E-state index is 14.4. The lowest BCUT2D eigenvalue weighted by atomic mass is 10.1. The number of benzene rings is 2. The first-order valence-electron chi connectivity index (χ1n) is 9.18. The number of nitrogens with one attached hydrogen (secondary N) is 1. The lowest BCUT2D eigenvalue weighted by Crippen LogP contribution is -2.20. The number of hydrogen-bond acceptors (Lipinski definition) is 6. The van der Waals surface area contributed by atoms with Crippen LogP contribution in [0.3, 0.4) is 0 Å². The predicted molar refractivity (Wildman–Crippen MR) is 112 cm³/mol. The van der Waals surface area contributed by atoms with E-state index in [-0.39, 0.29) is 23.2 Å². The molecule has 3 rings (SSSR count). The van der Waals surface area contributed by atoms with Gasteiger partial charge in [0.15, 0.2) is 0 Å². The summed E-state index contributed by atoms with van der Waals surface area (Å²) < 4.78 is 14.4. The molecule has 29 heavy (non-hydrogen) atoms. The number of hydrogen-bond donors (Lipinski definition) is 1. The Morgan fingerprint density at radius 2 is 2.00 bits per heavy atom. The number of carbonyl (C=O) groups is 1. The van der Waals surface area contributed by atoms with Gasteiger partial charge >= 0.3 is 0 Å². The van der Waals surface area contributed by atoms with E-state index in [0.717, 1.165) is 36.4 Å². The van der Waals surface area contributed by atoms with Crippen molar-refractivity contribution in [2.75, 3.05) is 23.7 Å². The van der Waals surface area contributed by atoms with Crippen molar-refractivity contribution in [3.8, 4) is 0 Å². The van der Waals surface area contributed by atoms with Gasteiger partial charge in [0.2, 0.25) is 5.91 Å². The fourth-order valence-corrected chi connectivity index (χ4v) is 3.73. The smallest absolute Gasteiger partial charge is 0.269 e. The van der Waals surface area contributed by atoms with Gasteiger partial charge in [-0.05, 0) is 49.6 Å². The van der Waals surface area contributed by atoms with Crippen LogP contribution < -0.4 is 10.3 Å². The molecule has 1 heterocycles. The van der Waals surface area contributed by atoms with Crippen molar-refractivity contribution in [2.24, 2.45) is 5.10 Å². The third kappa shape index (κ3) is 5.54. The highest BCUT2D eigenvalue weighted by molar-refractivity contribution is 8.00. The first kappa shape index (κ1) is 20.8. The van der Waals surface area contributed by atoms with Crippen LogP contribution in [0.4, 0.5) is 15.8 Å². The molecule has 1 amide bonds. The summed E-state index contributed by atoms with van der Waals surface area (Å²) in [6.45, 7) is 3.62. The van der Waals surface area contributed by atoms with Crippen LogP contribution in [0.25, 0.3) is 0 Å². The molecule has 0 atom stereocenters. The van der Waals surface area contributed by atoms with E-state index < -0.39 is 4.92 Å². The zero-order valence-electron chi connectivity index (χ0n) is 15.9. The molecule has 7 nitrogen and oxygen atoms in total. The largest absolute Gasteiger partial charge is 0.369 e. The standard InChI is InChI=1S/C20H21FN4O3S/c1-14-10-19(24-8-2-3-9-24)18(21)11-15(14)12-22-23-20(26)13-29-17-6-4-16(5-7-17)25(27)28/h4-7,10-12H,2-3,8-9,13H2,1H3,(H,23,26)/b22-12-. The molecule has 0 saturated carbocycles. The van der Waals surface area contributed by atoms with Gasteiger partial charge in [-0.2, -0.15) is 5.10 Å². The van der Waals surface area contributed by atoms with E-state index in [2.05, 4.69) is 10.5 Å². The minimum absolute atomic E-state index is 0.00162. The summed E-state index contributed by atoms with van der Waals surface area (Å²) in [5.74, 6) is -0.508. The summed E-state index contributed by atoms with van der Waals surface area (Å²) in [7, 11) is 0. The maximum absolute atomic E-state index is 14.4. The Balaban J connectivity index is 1.53. The molecule has 0 spiro atoms. The number of nitro groups is 1. The summed E-state index contributed by atoms with van der Waals surface area (Å²) in [6.07, 6.45) is 3.58. The second-order valence-electron chi connectivity index (χ2n) is 6.69. The van der Waals surface area contributed by atoms with Gasteiger partial charge in [-0.25, -0.2) is 9.82 Å². The number of amides is 1. The molecule has 9 heteroatoms. The number of carbonyl (C=O) groups excluding carboxylic acids is 1. The van der Waals surface area contributed by atoms with Crippen molar-refractivity contribution >= 4 is 35.3 Å². The van der Waals surface area contributed by atoms with Gasteiger partial charge in [-0.1, -0.05) is 0 Å². The number of thioether (sulfide) groups is 1. The minimum Gasteiger partial charge on any atom is -0.369 e. The number of nitrogens with zero attached hydrogens (tertiary/aromatic N) is 3. The average Bonchev–Trinajstić information content (AvgIpc) is 3.23. The van der Waals surface area contributed by atoms with Crippen LogP contribution in [0.2, 0.25) is 0 Å². The van der Waals surface area contributed by atoms with Crippen molar-refractivity contribution in [2.45, 2.75) is 24.7 Å². The van der Waals surface area contributed by atoms with Crippen LogP contribution in [0.1, 0.15) is 24.0 Å². The van der Waals surface area contributed by atoms with Crippen LogP contribution in [0.5, 0.6) is 0 Å². The predicted octanol–water partition coefficient (Wildman–Crippen LogP) is 3.88. The lowest BCUT2D eigenvalue weighted by Gasteiger charge is -2.19. The molecule has 2 aromatic carbocycles. The van der Waals surface area contributed by atoms with Crippen LogP contribution in [0, 0.1) is 22.9 Å². The molecule has 1 saturated heterocycles. The van der Waals surface area contributed by atoms with Crippen LogP contribution in [-0.2, 0) is 4.79 Å². The molecule has 0 bridgehead atoms. The third-order valence-electron chi connectivity index (χ3n) is 4.59. The number of aryl methyl sites for hydroxylation is 1.